The summed E-state index contributed by atoms with van der Waals surface area (Å²) in [6.45, 7) is 0. The molecule has 2 aliphatic rings. The fourth-order valence-electron chi connectivity index (χ4n) is 5.93. The number of carbonyl (C=O) groups excluding carboxylic acids is 1. The van der Waals surface area contributed by atoms with Gasteiger partial charge in [-0.2, -0.15) is 5.26 Å². The second-order valence-electron chi connectivity index (χ2n) is 11.2. The number of halogens is 2. The number of amides is 1. The Bertz CT molecular complexity index is 1680. The Morgan fingerprint density at radius 1 is 0.721 bits per heavy atom. The van der Waals surface area contributed by atoms with Crippen molar-refractivity contribution < 1.29 is 23.0 Å². The number of hydrogen-bond donors (Lipinski definition) is 1. The molecule has 0 atom stereocenters. The molecule has 2 saturated carbocycles. The number of nitriles is 1. The van der Waals surface area contributed by atoms with E-state index in [0.29, 0.717) is 39.4 Å². The molecule has 0 unspecified atom stereocenters. The van der Waals surface area contributed by atoms with E-state index in [9.17, 15) is 18.8 Å². The Hall–Kier alpha value is -4.70. The first kappa shape index (κ1) is 28.4. The highest BCUT2D eigenvalue weighted by molar-refractivity contribution is 6.05. The van der Waals surface area contributed by atoms with Crippen LogP contribution in [-0.2, 0) is 0 Å². The third-order valence-corrected chi connectivity index (χ3v) is 8.20. The zero-order valence-corrected chi connectivity index (χ0v) is 23.7. The van der Waals surface area contributed by atoms with Crippen LogP contribution >= 0.6 is 0 Å². The fraction of sp³-hybridized carbons (Fsp3) is 0.278. The summed E-state index contributed by atoms with van der Waals surface area (Å²) < 4.78 is 40.6. The van der Waals surface area contributed by atoms with Crippen LogP contribution in [0.3, 0.4) is 0 Å². The molecule has 218 valence electrons. The van der Waals surface area contributed by atoms with Gasteiger partial charge in [0.25, 0.3) is 5.91 Å². The lowest BCUT2D eigenvalue weighted by atomic mass is 10.00. The van der Waals surface area contributed by atoms with E-state index < -0.39 is 11.6 Å². The maximum atomic E-state index is 14.2. The lowest BCUT2D eigenvalue weighted by Gasteiger charge is -2.19. The van der Waals surface area contributed by atoms with Crippen molar-refractivity contribution in [2.75, 3.05) is 5.32 Å². The van der Waals surface area contributed by atoms with E-state index in [1.807, 2.05) is 24.3 Å². The summed E-state index contributed by atoms with van der Waals surface area (Å²) in [5.74, 6) is -1.03. The van der Waals surface area contributed by atoms with Gasteiger partial charge in [-0.3, -0.25) is 4.79 Å². The van der Waals surface area contributed by atoms with E-state index in [0.717, 1.165) is 74.6 Å². The molecular formula is C36H32F2N2O3. The summed E-state index contributed by atoms with van der Waals surface area (Å²) in [7, 11) is 0. The van der Waals surface area contributed by atoms with Crippen LogP contribution in [0.4, 0.5) is 14.5 Å². The van der Waals surface area contributed by atoms with E-state index in [-0.39, 0.29) is 18.1 Å². The average molecular weight is 579 g/mol. The van der Waals surface area contributed by atoms with Crippen LogP contribution in [0.5, 0.6) is 11.5 Å². The summed E-state index contributed by atoms with van der Waals surface area (Å²) in [6.07, 6.45) is 8.47. The first-order valence-corrected chi connectivity index (χ1v) is 14.9. The predicted octanol–water partition coefficient (Wildman–Crippen LogP) is 9.07. The molecule has 4 aromatic rings. The van der Waals surface area contributed by atoms with Gasteiger partial charge in [-0.25, -0.2) is 8.78 Å². The van der Waals surface area contributed by atoms with Crippen LogP contribution in [0.25, 0.3) is 22.3 Å². The molecule has 1 N–H and O–H groups in total. The van der Waals surface area contributed by atoms with E-state index in [1.54, 1.807) is 36.4 Å². The van der Waals surface area contributed by atoms with Crippen molar-refractivity contribution in [3.05, 3.63) is 102 Å². The summed E-state index contributed by atoms with van der Waals surface area (Å²) in [5, 5.41) is 12.4. The molecule has 4 aromatic carbocycles. The molecule has 43 heavy (non-hydrogen) atoms. The first-order chi connectivity index (χ1) is 21.0. The summed E-state index contributed by atoms with van der Waals surface area (Å²) in [6, 6.07) is 23.7. The molecule has 2 fully saturated rings. The molecule has 2 aliphatic carbocycles. The molecule has 0 radical (unpaired) electrons. The van der Waals surface area contributed by atoms with Gasteiger partial charge >= 0.3 is 0 Å². The highest BCUT2D eigenvalue weighted by Gasteiger charge is 2.22. The summed E-state index contributed by atoms with van der Waals surface area (Å²) >= 11 is 0. The summed E-state index contributed by atoms with van der Waals surface area (Å²) in [4.78, 5) is 13.5. The Morgan fingerprint density at radius 2 is 1.35 bits per heavy atom. The topological polar surface area (TPSA) is 71.4 Å². The van der Waals surface area contributed by atoms with Crippen molar-refractivity contribution >= 4 is 11.6 Å². The molecule has 0 aliphatic heterocycles. The van der Waals surface area contributed by atoms with E-state index >= 15 is 0 Å². The quantitative estimate of drug-likeness (QED) is 0.226. The second kappa shape index (κ2) is 12.7. The molecule has 0 heterocycles. The SMILES string of the molecule is N#Cc1cccc(-c2cc(NC(=O)c3ccc(OC4CCCC4)c(-c4ccc(F)c(F)c4)c3)ccc2OC2CCCC2)c1. The Morgan fingerprint density at radius 3 is 2.00 bits per heavy atom. The molecule has 1 amide bonds. The maximum absolute atomic E-state index is 14.2. The predicted molar refractivity (Wildman–Crippen MR) is 162 cm³/mol. The minimum absolute atomic E-state index is 0.0478. The second-order valence-corrected chi connectivity index (χ2v) is 11.2. The van der Waals surface area contributed by atoms with Gasteiger partial charge in [0.2, 0.25) is 0 Å². The molecule has 0 saturated heterocycles. The van der Waals surface area contributed by atoms with Crippen LogP contribution < -0.4 is 14.8 Å². The average Bonchev–Trinajstić information content (AvgIpc) is 3.74. The minimum atomic E-state index is -0.966. The number of benzene rings is 4. The number of nitrogens with zero attached hydrogens (tertiary/aromatic N) is 1. The van der Waals surface area contributed by atoms with Gasteiger partial charge in [0, 0.05) is 22.4 Å². The van der Waals surface area contributed by atoms with Crippen molar-refractivity contribution in [2.24, 2.45) is 0 Å². The molecule has 7 heteroatoms. The zero-order chi connectivity index (χ0) is 29.8. The molecule has 0 spiro atoms. The third kappa shape index (κ3) is 6.54. The molecule has 5 nitrogen and oxygen atoms in total. The van der Waals surface area contributed by atoms with Crippen LogP contribution in [-0.4, -0.2) is 18.1 Å². The molecule has 0 bridgehead atoms. The lowest BCUT2D eigenvalue weighted by Crippen LogP contribution is -2.15. The zero-order valence-electron chi connectivity index (χ0n) is 23.7. The van der Waals surface area contributed by atoms with Gasteiger partial charge in [-0.15, -0.1) is 0 Å². The van der Waals surface area contributed by atoms with E-state index in [1.165, 1.54) is 6.07 Å². The first-order valence-electron chi connectivity index (χ1n) is 14.9. The maximum Gasteiger partial charge on any atom is 0.255 e. The minimum Gasteiger partial charge on any atom is -0.490 e. The van der Waals surface area contributed by atoms with Gasteiger partial charge in [0.1, 0.15) is 11.5 Å². The van der Waals surface area contributed by atoms with Gasteiger partial charge < -0.3 is 14.8 Å². The highest BCUT2D eigenvalue weighted by atomic mass is 19.2. The van der Waals surface area contributed by atoms with Crippen molar-refractivity contribution in [1.82, 2.24) is 0 Å². The van der Waals surface area contributed by atoms with Crippen LogP contribution in [0.1, 0.15) is 67.3 Å². The monoisotopic (exact) mass is 578 g/mol. The lowest BCUT2D eigenvalue weighted by molar-refractivity contribution is 0.102. The third-order valence-electron chi connectivity index (χ3n) is 8.20. The Labute approximate surface area is 250 Å². The normalized spacial score (nSPS) is 15.3. The van der Waals surface area contributed by atoms with Gasteiger partial charge in [-0.05, 0) is 123 Å². The number of carbonyl (C=O) groups is 1. The number of anilines is 1. The number of rotatable bonds is 8. The number of nitrogens with one attached hydrogen (secondary N) is 1. The molecule has 0 aromatic heterocycles. The highest BCUT2D eigenvalue weighted by Crippen LogP contribution is 2.37. The van der Waals surface area contributed by atoms with Crippen molar-refractivity contribution in [3.63, 3.8) is 0 Å². The standard InChI is InChI=1S/C36H32F2N2O3/c37-32-15-12-25(20-33(32)38)30-19-26(13-16-34(30)42-28-8-1-2-9-28)36(41)40-27-14-17-35(43-29-10-3-4-11-29)31(21-27)24-7-5-6-23(18-24)22-39/h5-7,12-21,28-29H,1-4,8-11H2,(H,40,41). The largest absolute Gasteiger partial charge is 0.490 e. The van der Waals surface area contributed by atoms with Crippen LogP contribution in [0.2, 0.25) is 0 Å². The Kier molecular flexibility index (Phi) is 8.37. The molecule has 6 rings (SSSR count). The van der Waals surface area contributed by atoms with Gasteiger partial charge in [-0.1, -0.05) is 18.2 Å². The van der Waals surface area contributed by atoms with E-state index in [2.05, 4.69) is 11.4 Å². The smallest absolute Gasteiger partial charge is 0.255 e. The summed E-state index contributed by atoms with van der Waals surface area (Å²) in [5.41, 5.74) is 3.98. The van der Waals surface area contributed by atoms with Crippen LogP contribution in [0.15, 0.2) is 78.9 Å². The number of ether oxygens (including phenoxy) is 2. The van der Waals surface area contributed by atoms with Crippen LogP contribution in [0, 0.1) is 23.0 Å². The Balaban J connectivity index is 1.31. The van der Waals surface area contributed by atoms with Crippen molar-refractivity contribution in [3.8, 4) is 39.8 Å². The van der Waals surface area contributed by atoms with Crippen molar-refractivity contribution in [2.45, 2.75) is 63.6 Å². The van der Waals surface area contributed by atoms with E-state index in [4.69, 9.17) is 9.47 Å². The van der Waals surface area contributed by atoms with Gasteiger partial charge in [0.15, 0.2) is 11.6 Å². The van der Waals surface area contributed by atoms with Crippen molar-refractivity contribution in [1.29, 1.82) is 5.26 Å². The van der Waals surface area contributed by atoms with Gasteiger partial charge in [0.05, 0.1) is 23.8 Å². The fourth-order valence-corrected chi connectivity index (χ4v) is 5.93. The number of hydrogen-bond acceptors (Lipinski definition) is 4. The molecular weight excluding hydrogens is 546 g/mol.